The highest BCUT2D eigenvalue weighted by atomic mass is 16.2. The van der Waals surface area contributed by atoms with E-state index in [9.17, 15) is 4.79 Å². The third-order valence-electron chi connectivity index (χ3n) is 2.53. The Morgan fingerprint density at radius 2 is 2.18 bits per heavy atom. The van der Waals surface area contributed by atoms with Crippen molar-refractivity contribution in [2.75, 3.05) is 17.7 Å². The third kappa shape index (κ3) is 1.96. The van der Waals surface area contributed by atoms with Crippen molar-refractivity contribution in [3.05, 3.63) is 36.4 Å². The van der Waals surface area contributed by atoms with Crippen LogP contribution in [0.2, 0.25) is 0 Å². The van der Waals surface area contributed by atoms with Gasteiger partial charge in [0.25, 0.3) is 5.91 Å². The van der Waals surface area contributed by atoms with Gasteiger partial charge in [-0.25, -0.2) is 0 Å². The first-order valence-electron chi connectivity index (χ1n) is 5.07. The minimum Gasteiger partial charge on any atom is -0.396 e. The molecule has 0 radical (unpaired) electrons. The molecule has 0 aliphatic heterocycles. The van der Waals surface area contributed by atoms with Crippen LogP contribution in [0.1, 0.15) is 10.5 Å². The topological polar surface area (TPSA) is 77.0 Å². The monoisotopic (exact) mass is 231 g/mol. The van der Waals surface area contributed by atoms with Gasteiger partial charge < -0.3 is 10.6 Å². The molecule has 0 aliphatic rings. The van der Waals surface area contributed by atoms with Crippen molar-refractivity contribution < 1.29 is 4.79 Å². The highest BCUT2D eigenvalue weighted by molar-refractivity contribution is 6.06. The molecule has 88 valence electrons. The summed E-state index contributed by atoms with van der Waals surface area (Å²) in [4.78, 5) is 17.5. The number of pyridine rings is 1. The van der Waals surface area contributed by atoms with Gasteiger partial charge in [0.1, 0.15) is 5.69 Å². The van der Waals surface area contributed by atoms with Crippen LogP contribution in [0.3, 0.4) is 0 Å². The highest BCUT2D eigenvalue weighted by Crippen LogP contribution is 2.21. The average molecular weight is 231 g/mol. The summed E-state index contributed by atoms with van der Waals surface area (Å²) in [6, 6.07) is 3.36. The van der Waals surface area contributed by atoms with Crippen LogP contribution in [-0.2, 0) is 7.05 Å². The molecule has 6 heteroatoms. The van der Waals surface area contributed by atoms with Crippen molar-refractivity contribution in [1.82, 2.24) is 14.8 Å². The van der Waals surface area contributed by atoms with Crippen molar-refractivity contribution in [2.45, 2.75) is 0 Å². The second kappa shape index (κ2) is 4.25. The molecule has 2 aromatic rings. The number of carbonyl (C=O) groups is 1. The summed E-state index contributed by atoms with van der Waals surface area (Å²) in [7, 11) is 3.39. The number of amides is 1. The van der Waals surface area contributed by atoms with Crippen molar-refractivity contribution in [3.8, 4) is 0 Å². The van der Waals surface area contributed by atoms with Gasteiger partial charge in [-0.2, -0.15) is 5.10 Å². The molecule has 0 saturated carbocycles. The van der Waals surface area contributed by atoms with Gasteiger partial charge in [0.15, 0.2) is 0 Å². The number of nitrogens with two attached hydrogens (primary N) is 1. The number of hydrogen-bond acceptors (Lipinski definition) is 4. The van der Waals surface area contributed by atoms with E-state index < -0.39 is 0 Å². The number of hydrogen-bond donors (Lipinski definition) is 1. The number of nitrogen functional groups attached to an aromatic ring is 1. The Hall–Kier alpha value is -2.37. The first-order chi connectivity index (χ1) is 8.11. The lowest BCUT2D eigenvalue weighted by Crippen LogP contribution is -2.28. The Morgan fingerprint density at radius 1 is 1.41 bits per heavy atom. The molecule has 0 spiro atoms. The molecule has 2 N–H and O–H groups in total. The summed E-state index contributed by atoms with van der Waals surface area (Å²) in [5, 5.41) is 3.96. The maximum Gasteiger partial charge on any atom is 0.276 e. The van der Waals surface area contributed by atoms with Gasteiger partial charge in [-0.3, -0.25) is 14.5 Å². The van der Waals surface area contributed by atoms with E-state index in [1.54, 1.807) is 38.6 Å². The van der Waals surface area contributed by atoms with Gasteiger partial charge in [0, 0.05) is 26.5 Å². The standard InChI is InChI=1S/C11H13N5O/c1-15(9-3-5-13-7-8(9)12)11(17)10-4-6-14-16(10)2/h3-7H,12H2,1-2H3. The van der Waals surface area contributed by atoms with Crippen molar-refractivity contribution in [3.63, 3.8) is 0 Å². The lowest BCUT2D eigenvalue weighted by Gasteiger charge is -2.18. The van der Waals surface area contributed by atoms with E-state index >= 15 is 0 Å². The summed E-state index contributed by atoms with van der Waals surface area (Å²) in [6.07, 6.45) is 4.69. The maximum atomic E-state index is 12.2. The number of aromatic nitrogens is 3. The smallest absolute Gasteiger partial charge is 0.276 e. The van der Waals surface area contributed by atoms with Crippen LogP contribution in [0.15, 0.2) is 30.7 Å². The highest BCUT2D eigenvalue weighted by Gasteiger charge is 2.17. The molecule has 0 atom stereocenters. The second-order valence-corrected chi connectivity index (χ2v) is 3.64. The van der Waals surface area contributed by atoms with E-state index in [1.807, 2.05) is 0 Å². The van der Waals surface area contributed by atoms with Crippen LogP contribution >= 0.6 is 0 Å². The van der Waals surface area contributed by atoms with Crippen LogP contribution in [0, 0.1) is 0 Å². The molecule has 1 amide bonds. The van der Waals surface area contributed by atoms with Gasteiger partial charge >= 0.3 is 0 Å². The summed E-state index contributed by atoms with van der Waals surface area (Å²) >= 11 is 0. The van der Waals surface area contributed by atoms with Crippen LogP contribution in [-0.4, -0.2) is 27.7 Å². The van der Waals surface area contributed by atoms with Crippen LogP contribution < -0.4 is 10.6 Å². The zero-order valence-electron chi connectivity index (χ0n) is 9.66. The van der Waals surface area contributed by atoms with E-state index in [0.717, 1.165) is 0 Å². The first-order valence-corrected chi connectivity index (χ1v) is 5.07. The Balaban J connectivity index is 2.33. The molecule has 2 rings (SSSR count). The minimum absolute atomic E-state index is 0.164. The fraction of sp³-hybridized carbons (Fsp3) is 0.182. The van der Waals surface area contributed by atoms with Crippen molar-refractivity contribution in [2.24, 2.45) is 7.05 Å². The lowest BCUT2D eigenvalue weighted by atomic mass is 10.3. The van der Waals surface area contributed by atoms with E-state index in [-0.39, 0.29) is 5.91 Å². The fourth-order valence-corrected chi connectivity index (χ4v) is 1.57. The lowest BCUT2D eigenvalue weighted by molar-refractivity contribution is 0.0984. The van der Waals surface area contributed by atoms with Crippen LogP contribution in [0.4, 0.5) is 11.4 Å². The molecule has 0 fully saturated rings. The molecule has 2 aromatic heterocycles. The number of nitrogens with zero attached hydrogens (tertiary/aromatic N) is 4. The summed E-state index contributed by atoms with van der Waals surface area (Å²) in [5.41, 5.74) is 7.37. The summed E-state index contributed by atoms with van der Waals surface area (Å²) < 4.78 is 1.52. The summed E-state index contributed by atoms with van der Waals surface area (Å²) in [5.74, 6) is -0.164. The number of aryl methyl sites for hydroxylation is 1. The van der Waals surface area contributed by atoms with Crippen molar-refractivity contribution in [1.29, 1.82) is 0 Å². The van der Waals surface area contributed by atoms with Gasteiger partial charge in [0.2, 0.25) is 0 Å². The van der Waals surface area contributed by atoms with Crippen LogP contribution in [0.25, 0.3) is 0 Å². The van der Waals surface area contributed by atoms with Gasteiger partial charge in [-0.15, -0.1) is 0 Å². The zero-order chi connectivity index (χ0) is 12.4. The maximum absolute atomic E-state index is 12.2. The molecule has 0 aliphatic carbocycles. The van der Waals surface area contributed by atoms with Gasteiger partial charge in [0.05, 0.1) is 17.6 Å². The molecule has 0 saturated heterocycles. The molecule has 6 nitrogen and oxygen atoms in total. The van der Waals surface area contributed by atoms with Gasteiger partial charge in [-0.05, 0) is 12.1 Å². The molecular formula is C11H13N5O. The second-order valence-electron chi connectivity index (χ2n) is 3.64. The molecule has 0 bridgehead atoms. The van der Waals surface area contributed by atoms with Crippen LogP contribution in [0.5, 0.6) is 0 Å². The molecular weight excluding hydrogens is 218 g/mol. The third-order valence-corrected chi connectivity index (χ3v) is 2.53. The number of carbonyl (C=O) groups excluding carboxylic acids is 1. The van der Waals surface area contributed by atoms with Crippen molar-refractivity contribution >= 4 is 17.3 Å². The fourth-order valence-electron chi connectivity index (χ4n) is 1.57. The molecule has 0 aromatic carbocycles. The van der Waals surface area contributed by atoms with E-state index in [0.29, 0.717) is 17.1 Å². The van der Waals surface area contributed by atoms with E-state index in [2.05, 4.69) is 10.1 Å². The predicted octanol–water partition coefficient (Wildman–Crippen LogP) is 0.674. The molecule has 17 heavy (non-hydrogen) atoms. The first kappa shape index (κ1) is 11.1. The van der Waals surface area contributed by atoms with Gasteiger partial charge in [-0.1, -0.05) is 0 Å². The van der Waals surface area contributed by atoms with E-state index in [1.165, 1.54) is 15.8 Å². The Kier molecular flexibility index (Phi) is 2.78. The molecule has 0 unspecified atom stereocenters. The Morgan fingerprint density at radius 3 is 2.76 bits per heavy atom. The largest absolute Gasteiger partial charge is 0.396 e. The van der Waals surface area contributed by atoms with E-state index in [4.69, 9.17) is 5.73 Å². The number of anilines is 2. The normalized spacial score (nSPS) is 10.2. The summed E-state index contributed by atoms with van der Waals surface area (Å²) in [6.45, 7) is 0. The quantitative estimate of drug-likeness (QED) is 0.824. The average Bonchev–Trinajstić information content (AvgIpc) is 2.74. The molecule has 2 heterocycles. The minimum atomic E-state index is -0.164. The number of rotatable bonds is 2. The Bertz CT molecular complexity index is 548. The zero-order valence-corrected chi connectivity index (χ0v) is 9.66. The Labute approximate surface area is 98.7 Å². The SMILES string of the molecule is CN(C(=O)c1ccnn1C)c1ccncc1N. The predicted molar refractivity (Wildman–Crippen MR) is 64.6 cm³/mol.